The zero-order valence-electron chi connectivity index (χ0n) is 13.2. The van der Waals surface area contributed by atoms with E-state index in [4.69, 9.17) is 5.26 Å². The molecule has 0 aromatic heterocycles. The van der Waals surface area contributed by atoms with Gasteiger partial charge in [0.05, 0.1) is 24.3 Å². The van der Waals surface area contributed by atoms with Crippen LogP contribution in [0.15, 0.2) is 64.2 Å². The lowest BCUT2D eigenvalue weighted by Crippen LogP contribution is -2.37. The molecule has 0 saturated heterocycles. The van der Waals surface area contributed by atoms with E-state index >= 15 is 0 Å². The molecule has 6 nitrogen and oxygen atoms in total. The number of nitriles is 1. The number of benzene rings is 2. The number of aliphatic hydroxyl groups is 1. The zero-order chi connectivity index (χ0) is 17.8. The molecule has 0 fully saturated rings. The predicted molar refractivity (Wildman–Crippen MR) is 95.7 cm³/mol. The monoisotopic (exact) mass is 333 g/mol. The van der Waals surface area contributed by atoms with E-state index in [9.17, 15) is 14.7 Å². The fourth-order valence-electron chi connectivity index (χ4n) is 2.52. The summed E-state index contributed by atoms with van der Waals surface area (Å²) in [6, 6.07) is 17.2. The number of hydrogen-bond acceptors (Lipinski definition) is 6. The van der Waals surface area contributed by atoms with Gasteiger partial charge in [0.1, 0.15) is 11.4 Å². The Labute approximate surface area is 143 Å². The summed E-state index contributed by atoms with van der Waals surface area (Å²) in [4.78, 5) is 23.8. The van der Waals surface area contributed by atoms with Crippen LogP contribution in [0, 0.1) is 11.3 Å². The van der Waals surface area contributed by atoms with Crippen molar-refractivity contribution in [2.75, 3.05) is 17.2 Å². The smallest absolute Gasteiger partial charge is 0.253 e. The van der Waals surface area contributed by atoms with Crippen molar-refractivity contribution in [1.29, 1.82) is 5.26 Å². The van der Waals surface area contributed by atoms with Gasteiger partial charge in [-0.1, -0.05) is 30.3 Å². The number of rotatable bonds is 6. The third-order valence-corrected chi connectivity index (χ3v) is 3.90. The average molecular weight is 333 g/mol. The number of aliphatic hydroxyl groups excluding tert-OH is 1. The second kappa shape index (κ2) is 6.99. The largest absolute Gasteiger partial charge is 0.394 e. The second-order valence-electron chi connectivity index (χ2n) is 5.51. The Kier molecular flexibility index (Phi) is 4.59. The van der Waals surface area contributed by atoms with Gasteiger partial charge in [-0.3, -0.25) is 9.59 Å². The third-order valence-electron chi connectivity index (χ3n) is 3.90. The lowest BCUT2D eigenvalue weighted by molar-refractivity contribution is 0.276. The molecule has 0 bridgehead atoms. The standard InChI is InChI=1S/C19H15N3O3/c20-10-12-6-8-14(9-7-12)21-16-17(19(25)18(16)24)22-15(11-23)13-4-2-1-3-5-13/h1-9,15,21-23H,11H2/t15-/m1/s1. The fraction of sp³-hybridized carbons (Fsp3) is 0.105. The zero-order valence-corrected chi connectivity index (χ0v) is 13.2. The molecule has 25 heavy (non-hydrogen) atoms. The SMILES string of the molecule is N#Cc1ccc(Nc2c(N[C@H](CO)c3ccccc3)c(=O)c2=O)cc1. The van der Waals surface area contributed by atoms with Crippen molar-refractivity contribution >= 4 is 17.1 Å². The Balaban J connectivity index is 1.83. The van der Waals surface area contributed by atoms with Gasteiger partial charge in [0.15, 0.2) is 0 Å². The van der Waals surface area contributed by atoms with Crippen molar-refractivity contribution in [3.05, 3.63) is 86.2 Å². The molecule has 0 saturated carbocycles. The number of nitrogens with one attached hydrogen (secondary N) is 2. The Hall–Kier alpha value is -3.43. The third kappa shape index (κ3) is 3.27. The predicted octanol–water partition coefficient (Wildman–Crippen LogP) is 2.04. The van der Waals surface area contributed by atoms with Gasteiger partial charge >= 0.3 is 0 Å². The van der Waals surface area contributed by atoms with Crippen molar-refractivity contribution in [3.8, 4) is 6.07 Å². The van der Waals surface area contributed by atoms with E-state index in [-0.39, 0.29) is 18.0 Å². The van der Waals surface area contributed by atoms with E-state index in [1.807, 2.05) is 36.4 Å². The lowest BCUT2D eigenvalue weighted by atomic mass is 10.1. The normalized spacial score (nSPS) is 11.7. The molecule has 0 heterocycles. The van der Waals surface area contributed by atoms with Gasteiger partial charge in [-0.15, -0.1) is 0 Å². The van der Waals surface area contributed by atoms with Crippen LogP contribution in [0.3, 0.4) is 0 Å². The van der Waals surface area contributed by atoms with Gasteiger partial charge in [-0.25, -0.2) is 0 Å². The van der Waals surface area contributed by atoms with Crippen LogP contribution in [0.25, 0.3) is 0 Å². The van der Waals surface area contributed by atoms with Crippen LogP contribution in [0.2, 0.25) is 0 Å². The minimum Gasteiger partial charge on any atom is -0.394 e. The maximum atomic E-state index is 11.9. The summed E-state index contributed by atoms with van der Waals surface area (Å²) in [6.07, 6.45) is 0. The molecule has 3 aromatic rings. The average Bonchev–Trinajstić information content (AvgIpc) is 2.68. The lowest BCUT2D eigenvalue weighted by Gasteiger charge is -2.21. The van der Waals surface area contributed by atoms with Crippen molar-refractivity contribution in [2.24, 2.45) is 0 Å². The molecule has 0 amide bonds. The highest BCUT2D eigenvalue weighted by Gasteiger charge is 2.24. The van der Waals surface area contributed by atoms with Crippen LogP contribution >= 0.6 is 0 Å². The van der Waals surface area contributed by atoms with E-state index < -0.39 is 16.9 Å². The summed E-state index contributed by atoms with van der Waals surface area (Å²) < 4.78 is 0. The van der Waals surface area contributed by atoms with Gasteiger partial charge in [0.2, 0.25) is 0 Å². The summed E-state index contributed by atoms with van der Waals surface area (Å²) in [5, 5.41) is 24.2. The molecule has 6 heteroatoms. The molecular formula is C19H15N3O3. The van der Waals surface area contributed by atoms with Crippen molar-refractivity contribution in [3.63, 3.8) is 0 Å². The first-order valence-electron chi connectivity index (χ1n) is 7.67. The first-order valence-corrected chi connectivity index (χ1v) is 7.67. The van der Waals surface area contributed by atoms with Gasteiger partial charge in [0, 0.05) is 5.69 Å². The van der Waals surface area contributed by atoms with E-state index in [0.717, 1.165) is 5.56 Å². The number of anilines is 3. The molecule has 0 unspecified atom stereocenters. The highest BCUT2D eigenvalue weighted by molar-refractivity contribution is 5.79. The molecule has 3 rings (SSSR count). The first kappa shape index (κ1) is 16.4. The van der Waals surface area contributed by atoms with Crippen molar-refractivity contribution in [2.45, 2.75) is 6.04 Å². The molecule has 0 radical (unpaired) electrons. The Morgan fingerprint density at radius 2 is 1.60 bits per heavy atom. The Morgan fingerprint density at radius 1 is 0.960 bits per heavy atom. The minimum atomic E-state index is -0.620. The summed E-state index contributed by atoms with van der Waals surface area (Å²) in [7, 11) is 0. The second-order valence-corrected chi connectivity index (χ2v) is 5.51. The van der Waals surface area contributed by atoms with E-state index in [2.05, 4.69) is 10.6 Å². The molecular weight excluding hydrogens is 318 g/mol. The molecule has 1 atom stereocenters. The molecule has 0 spiro atoms. The maximum absolute atomic E-state index is 11.9. The number of hydrogen-bond donors (Lipinski definition) is 3. The summed E-state index contributed by atoms with van der Waals surface area (Å²) in [5.41, 5.74) is 0.971. The first-order chi connectivity index (χ1) is 12.1. The van der Waals surface area contributed by atoms with E-state index in [1.54, 1.807) is 24.3 Å². The summed E-state index contributed by atoms with van der Waals surface area (Å²) in [5.74, 6) is 0. The Bertz CT molecular complexity index is 982. The van der Waals surface area contributed by atoms with Crippen LogP contribution < -0.4 is 21.5 Å². The highest BCUT2D eigenvalue weighted by Crippen LogP contribution is 2.25. The van der Waals surface area contributed by atoms with Gasteiger partial charge < -0.3 is 15.7 Å². The maximum Gasteiger partial charge on any atom is 0.253 e. The topological polar surface area (TPSA) is 102 Å². The quantitative estimate of drug-likeness (QED) is 0.597. The molecule has 0 aliphatic heterocycles. The highest BCUT2D eigenvalue weighted by atomic mass is 16.3. The van der Waals surface area contributed by atoms with E-state index in [0.29, 0.717) is 11.3 Å². The molecule has 124 valence electrons. The van der Waals surface area contributed by atoms with Crippen LogP contribution in [-0.4, -0.2) is 11.7 Å². The van der Waals surface area contributed by atoms with Gasteiger partial charge in [-0.2, -0.15) is 5.26 Å². The van der Waals surface area contributed by atoms with Crippen LogP contribution in [-0.2, 0) is 0 Å². The molecule has 3 aromatic carbocycles. The van der Waals surface area contributed by atoms with Gasteiger partial charge in [0.25, 0.3) is 10.9 Å². The van der Waals surface area contributed by atoms with Crippen LogP contribution in [0.1, 0.15) is 17.2 Å². The summed E-state index contributed by atoms with van der Waals surface area (Å²) >= 11 is 0. The molecule has 3 N–H and O–H groups in total. The van der Waals surface area contributed by atoms with Gasteiger partial charge in [-0.05, 0) is 29.8 Å². The minimum absolute atomic E-state index is 0.150. The van der Waals surface area contributed by atoms with Crippen molar-refractivity contribution in [1.82, 2.24) is 0 Å². The van der Waals surface area contributed by atoms with Crippen LogP contribution in [0.5, 0.6) is 0 Å². The van der Waals surface area contributed by atoms with Crippen LogP contribution in [0.4, 0.5) is 17.1 Å². The Morgan fingerprint density at radius 3 is 2.20 bits per heavy atom. The van der Waals surface area contributed by atoms with E-state index in [1.165, 1.54) is 0 Å². The molecule has 0 aliphatic rings. The molecule has 0 aliphatic carbocycles. The fourth-order valence-corrected chi connectivity index (χ4v) is 2.52. The van der Waals surface area contributed by atoms with Crippen molar-refractivity contribution < 1.29 is 5.11 Å². The summed E-state index contributed by atoms with van der Waals surface area (Å²) in [6.45, 7) is -0.223. The number of nitrogens with zero attached hydrogens (tertiary/aromatic N) is 1.